The summed E-state index contributed by atoms with van der Waals surface area (Å²) in [6, 6.07) is 15.9. The van der Waals surface area contributed by atoms with Crippen LogP contribution in [0.5, 0.6) is 5.75 Å². The van der Waals surface area contributed by atoms with Gasteiger partial charge in [0.05, 0.1) is 4.90 Å². The molecule has 0 radical (unpaired) electrons. The molecule has 0 spiro atoms. The maximum Gasteiger partial charge on any atom is 0.260 e. The molecule has 0 fully saturated rings. The molecule has 2 aromatic rings. The number of hydrogen-bond donors (Lipinski definition) is 2. The smallest absolute Gasteiger partial charge is 0.260 e. The number of hydrogen-bond acceptors (Lipinski definition) is 4. The van der Waals surface area contributed by atoms with E-state index in [1.54, 1.807) is 19.1 Å². The van der Waals surface area contributed by atoms with Crippen molar-refractivity contribution in [1.82, 2.24) is 10.0 Å². The first-order valence-electron chi connectivity index (χ1n) is 10.3. The second-order valence-electron chi connectivity index (χ2n) is 7.92. The predicted molar refractivity (Wildman–Crippen MR) is 119 cm³/mol. The highest BCUT2D eigenvalue weighted by Gasteiger charge is 2.19. The van der Waals surface area contributed by atoms with E-state index in [1.165, 1.54) is 17.7 Å². The van der Waals surface area contributed by atoms with Crippen molar-refractivity contribution in [3.05, 3.63) is 60.2 Å². The van der Waals surface area contributed by atoms with Gasteiger partial charge in [0.1, 0.15) is 5.75 Å². The predicted octanol–water partition coefficient (Wildman–Crippen LogP) is 3.53. The highest BCUT2D eigenvalue weighted by atomic mass is 32.2. The van der Waals surface area contributed by atoms with E-state index < -0.39 is 16.1 Å². The molecule has 0 bridgehead atoms. The van der Waals surface area contributed by atoms with Crippen molar-refractivity contribution in [2.75, 3.05) is 6.54 Å². The zero-order chi connectivity index (χ0) is 22.1. The van der Waals surface area contributed by atoms with Crippen LogP contribution in [0.3, 0.4) is 0 Å². The maximum atomic E-state index is 12.6. The van der Waals surface area contributed by atoms with Gasteiger partial charge in [-0.2, -0.15) is 0 Å². The zero-order valence-corrected chi connectivity index (χ0v) is 18.9. The molecule has 0 aliphatic rings. The molecule has 2 aromatic carbocycles. The highest BCUT2D eigenvalue weighted by molar-refractivity contribution is 7.89. The quantitative estimate of drug-likeness (QED) is 0.569. The number of amides is 1. The molecule has 0 unspecified atom stereocenters. The van der Waals surface area contributed by atoms with E-state index in [4.69, 9.17) is 4.74 Å². The fourth-order valence-electron chi connectivity index (χ4n) is 2.82. The summed E-state index contributed by atoms with van der Waals surface area (Å²) in [6.07, 6.45) is 0.837. The van der Waals surface area contributed by atoms with Gasteiger partial charge in [0.15, 0.2) is 6.10 Å². The molecule has 0 saturated heterocycles. The van der Waals surface area contributed by atoms with E-state index in [0.29, 0.717) is 24.6 Å². The van der Waals surface area contributed by atoms with Crippen molar-refractivity contribution in [1.29, 1.82) is 0 Å². The Hall–Kier alpha value is -2.38. The SMILES string of the molecule is CC(C)CNC(=O)[C@H](C)Oc1ccc(S(=O)(=O)N[C@H](C)CCc2ccccc2)cc1. The van der Waals surface area contributed by atoms with Gasteiger partial charge < -0.3 is 10.1 Å². The number of ether oxygens (including phenoxy) is 1. The summed E-state index contributed by atoms with van der Waals surface area (Å²) in [5, 5.41) is 2.81. The van der Waals surface area contributed by atoms with Crippen LogP contribution in [0.2, 0.25) is 0 Å². The number of benzene rings is 2. The van der Waals surface area contributed by atoms with Crippen LogP contribution in [0.15, 0.2) is 59.5 Å². The third-order valence-corrected chi connectivity index (χ3v) is 6.17. The minimum Gasteiger partial charge on any atom is -0.481 e. The second-order valence-corrected chi connectivity index (χ2v) is 9.63. The van der Waals surface area contributed by atoms with Crippen molar-refractivity contribution in [3.8, 4) is 5.75 Å². The van der Waals surface area contributed by atoms with E-state index in [9.17, 15) is 13.2 Å². The summed E-state index contributed by atoms with van der Waals surface area (Å²) in [6.45, 7) is 8.13. The molecule has 0 saturated carbocycles. The van der Waals surface area contributed by atoms with E-state index in [2.05, 4.69) is 10.0 Å². The maximum absolute atomic E-state index is 12.6. The average Bonchev–Trinajstić information content (AvgIpc) is 2.71. The number of carbonyl (C=O) groups excluding carboxylic acids is 1. The summed E-state index contributed by atoms with van der Waals surface area (Å²) in [5.41, 5.74) is 1.18. The van der Waals surface area contributed by atoms with Crippen LogP contribution in [-0.4, -0.2) is 33.0 Å². The molecule has 0 aliphatic carbocycles. The summed E-state index contributed by atoms with van der Waals surface area (Å²) in [4.78, 5) is 12.2. The Labute approximate surface area is 180 Å². The summed E-state index contributed by atoms with van der Waals surface area (Å²) >= 11 is 0. The van der Waals surface area contributed by atoms with E-state index >= 15 is 0 Å². The van der Waals surface area contributed by atoms with Crippen LogP contribution in [0.1, 0.15) is 39.7 Å². The molecule has 7 heteroatoms. The third kappa shape index (κ3) is 7.80. The fourth-order valence-corrected chi connectivity index (χ4v) is 4.10. The van der Waals surface area contributed by atoms with Crippen molar-refractivity contribution in [3.63, 3.8) is 0 Å². The third-order valence-electron chi connectivity index (χ3n) is 4.57. The van der Waals surface area contributed by atoms with Crippen molar-refractivity contribution < 1.29 is 17.9 Å². The molecule has 1 amide bonds. The first-order valence-corrected chi connectivity index (χ1v) is 11.8. The molecule has 2 N–H and O–H groups in total. The van der Waals surface area contributed by atoms with E-state index in [1.807, 2.05) is 51.1 Å². The molecule has 0 heterocycles. The van der Waals surface area contributed by atoms with Crippen LogP contribution in [0.4, 0.5) is 0 Å². The second kappa shape index (κ2) is 11.1. The molecule has 0 aromatic heterocycles. The molecule has 0 aliphatic heterocycles. The zero-order valence-electron chi connectivity index (χ0n) is 18.1. The van der Waals surface area contributed by atoms with Crippen molar-refractivity contribution in [2.45, 2.75) is 57.6 Å². The van der Waals surface area contributed by atoms with Crippen LogP contribution >= 0.6 is 0 Å². The highest BCUT2D eigenvalue weighted by Crippen LogP contribution is 2.18. The van der Waals surface area contributed by atoms with Gasteiger partial charge in [-0.25, -0.2) is 13.1 Å². The molecule has 2 atom stereocenters. The topological polar surface area (TPSA) is 84.5 Å². The lowest BCUT2D eigenvalue weighted by Gasteiger charge is -2.17. The van der Waals surface area contributed by atoms with Gasteiger partial charge in [-0.3, -0.25) is 4.79 Å². The molecule has 2 rings (SSSR count). The number of nitrogens with one attached hydrogen (secondary N) is 2. The normalized spacial score (nSPS) is 13.6. The number of aryl methyl sites for hydroxylation is 1. The Morgan fingerprint density at radius 2 is 1.60 bits per heavy atom. The summed E-state index contributed by atoms with van der Waals surface area (Å²) < 4.78 is 33.6. The van der Waals surface area contributed by atoms with Crippen LogP contribution in [0, 0.1) is 5.92 Å². The van der Waals surface area contributed by atoms with Gasteiger partial charge in [-0.15, -0.1) is 0 Å². The lowest BCUT2D eigenvalue weighted by molar-refractivity contribution is -0.127. The minimum absolute atomic E-state index is 0.165. The Morgan fingerprint density at radius 3 is 2.20 bits per heavy atom. The van der Waals surface area contributed by atoms with Gasteiger partial charge in [-0.05, 0) is 62.4 Å². The molecule has 30 heavy (non-hydrogen) atoms. The van der Waals surface area contributed by atoms with E-state index in [0.717, 1.165) is 6.42 Å². The molecular formula is C23H32N2O4S. The van der Waals surface area contributed by atoms with Crippen LogP contribution in [-0.2, 0) is 21.2 Å². The first-order chi connectivity index (χ1) is 14.2. The van der Waals surface area contributed by atoms with Crippen LogP contribution < -0.4 is 14.8 Å². The standard InChI is InChI=1S/C23H32N2O4S/c1-17(2)16-24-23(26)19(4)29-21-12-14-22(15-13-21)30(27,28)25-18(3)10-11-20-8-6-5-7-9-20/h5-9,12-15,17-19,25H,10-11,16H2,1-4H3,(H,24,26)/t18-,19+/m1/s1. The van der Waals surface area contributed by atoms with Gasteiger partial charge in [0, 0.05) is 12.6 Å². The van der Waals surface area contributed by atoms with Crippen molar-refractivity contribution in [2.24, 2.45) is 5.92 Å². The molecule has 6 nitrogen and oxygen atoms in total. The Balaban J connectivity index is 1.89. The Bertz CT molecular complexity index is 897. The Kier molecular flexibility index (Phi) is 8.87. The average molecular weight is 433 g/mol. The lowest BCUT2D eigenvalue weighted by Crippen LogP contribution is -2.38. The Morgan fingerprint density at radius 1 is 0.967 bits per heavy atom. The number of rotatable bonds is 11. The molecular weight excluding hydrogens is 400 g/mol. The molecule has 164 valence electrons. The number of carbonyl (C=O) groups is 1. The van der Waals surface area contributed by atoms with Gasteiger partial charge in [0.2, 0.25) is 10.0 Å². The van der Waals surface area contributed by atoms with Crippen molar-refractivity contribution >= 4 is 15.9 Å². The lowest BCUT2D eigenvalue weighted by atomic mass is 10.1. The fraction of sp³-hybridized carbons (Fsp3) is 0.435. The van der Waals surface area contributed by atoms with Crippen LogP contribution in [0.25, 0.3) is 0 Å². The largest absolute Gasteiger partial charge is 0.481 e. The van der Waals surface area contributed by atoms with Gasteiger partial charge in [-0.1, -0.05) is 44.2 Å². The minimum atomic E-state index is -3.63. The summed E-state index contributed by atoms with van der Waals surface area (Å²) in [5.74, 6) is 0.598. The first kappa shape index (κ1) is 23.9. The number of sulfonamides is 1. The van der Waals surface area contributed by atoms with Gasteiger partial charge >= 0.3 is 0 Å². The van der Waals surface area contributed by atoms with Gasteiger partial charge in [0.25, 0.3) is 5.91 Å². The monoisotopic (exact) mass is 432 g/mol. The van der Waals surface area contributed by atoms with E-state index in [-0.39, 0.29) is 16.8 Å². The summed E-state index contributed by atoms with van der Waals surface area (Å²) in [7, 11) is -3.63.